The van der Waals surface area contributed by atoms with Gasteiger partial charge in [0.25, 0.3) is 5.91 Å². The maximum Gasteiger partial charge on any atom is 0.328 e. The van der Waals surface area contributed by atoms with Crippen LogP contribution in [-0.4, -0.2) is 30.0 Å². The van der Waals surface area contributed by atoms with E-state index < -0.39 is 40.9 Å². The Morgan fingerprint density at radius 3 is 2.48 bits per heavy atom. The normalized spacial score (nSPS) is 11.9. The van der Waals surface area contributed by atoms with Crippen molar-refractivity contribution >= 4 is 38.7 Å². The highest BCUT2D eigenvalue weighted by atomic mass is 79.9. The lowest BCUT2D eigenvalue weighted by Crippen LogP contribution is -2.43. The van der Waals surface area contributed by atoms with Crippen LogP contribution < -0.4 is 5.32 Å². The number of benzene rings is 2. The van der Waals surface area contributed by atoms with E-state index in [0.29, 0.717) is 15.4 Å². The molecule has 0 aliphatic rings. The van der Waals surface area contributed by atoms with Gasteiger partial charge in [0.15, 0.2) is 0 Å². The Bertz CT molecular complexity index is 1090. The number of nitrogens with zero attached hydrogens (tertiary/aromatic N) is 1. The summed E-state index contributed by atoms with van der Waals surface area (Å²) in [6.07, 6.45) is 1.21. The molecule has 150 valence electrons. The zero-order valence-corrected chi connectivity index (χ0v) is 16.6. The van der Waals surface area contributed by atoms with Crippen LogP contribution in [0.15, 0.2) is 47.1 Å². The molecule has 5 nitrogen and oxygen atoms in total. The summed E-state index contributed by atoms with van der Waals surface area (Å²) in [7, 11) is 1.09. The number of fused-ring (bicyclic) bond motifs is 1. The van der Waals surface area contributed by atoms with Crippen molar-refractivity contribution in [1.82, 2.24) is 10.3 Å². The molecule has 2 aromatic carbocycles. The molecular formula is C20H14BrF3N2O3. The Kier molecular flexibility index (Phi) is 6.17. The maximum absolute atomic E-state index is 14.7. The number of methoxy groups -OCH3 is 1. The minimum atomic E-state index is -1.38. The maximum atomic E-state index is 14.7. The summed E-state index contributed by atoms with van der Waals surface area (Å²) in [4.78, 5) is 28.8. The van der Waals surface area contributed by atoms with Crippen molar-refractivity contribution in [1.29, 1.82) is 0 Å². The molecule has 29 heavy (non-hydrogen) atoms. The first-order valence-corrected chi connectivity index (χ1v) is 9.17. The molecule has 0 radical (unpaired) electrons. The molecule has 0 saturated heterocycles. The second-order valence-corrected chi connectivity index (χ2v) is 6.92. The molecule has 1 heterocycles. The first kappa shape index (κ1) is 20.8. The lowest BCUT2D eigenvalue weighted by atomic mass is 10.00. The number of nitrogens with one attached hydrogen (secondary N) is 1. The average molecular weight is 467 g/mol. The van der Waals surface area contributed by atoms with Crippen molar-refractivity contribution in [2.45, 2.75) is 12.5 Å². The molecule has 0 bridgehead atoms. The minimum Gasteiger partial charge on any atom is -0.467 e. The lowest BCUT2D eigenvalue weighted by Gasteiger charge is -2.18. The molecule has 1 atom stereocenters. The number of carbonyl (C=O) groups excluding carboxylic acids is 2. The van der Waals surface area contributed by atoms with Gasteiger partial charge in [0, 0.05) is 22.5 Å². The van der Waals surface area contributed by atoms with Crippen LogP contribution in [-0.2, 0) is 16.0 Å². The molecule has 1 aromatic heterocycles. The summed E-state index contributed by atoms with van der Waals surface area (Å²) >= 11 is 3.23. The fourth-order valence-corrected chi connectivity index (χ4v) is 3.44. The molecule has 1 N–H and O–H groups in total. The van der Waals surface area contributed by atoms with Crippen LogP contribution in [0.5, 0.6) is 0 Å². The quantitative estimate of drug-likeness (QED) is 0.578. The topological polar surface area (TPSA) is 68.3 Å². The van der Waals surface area contributed by atoms with E-state index in [-0.39, 0.29) is 12.0 Å². The summed E-state index contributed by atoms with van der Waals surface area (Å²) in [6, 6.07) is 5.95. The van der Waals surface area contributed by atoms with Crippen LogP contribution in [0.4, 0.5) is 13.2 Å². The van der Waals surface area contributed by atoms with E-state index in [2.05, 4.69) is 31.0 Å². The van der Waals surface area contributed by atoms with Crippen molar-refractivity contribution in [3.63, 3.8) is 0 Å². The van der Waals surface area contributed by atoms with Crippen LogP contribution in [0.2, 0.25) is 0 Å². The van der Waals surface area contributed by atoms with Crippen LogP contribution in [0, 0.1) is 17.5 Å². The summed E-state index contributed by atoms with van der Waals surface area (Å²) in [5.74, 6) is -4.87. The van der Waals surface area contributed by atoms with Crippen molar-refractivity contribution in [2.24, 2.45) is 0 Å². The number of halogens is 4. The van der Waals surface area contributed by atoms with Gasteiger partial charge in [-0.3, -0.25) is 9.78 Å². The second kappa shape index (κ2) is 8.60. The van der Waals surface area contributed by atoms with E-state index in [0.717, 1.165) is 25.3 Å². The number of aromatic nitrogens is 1. The van der Waals surface area contributed by atoms with E-state index in [1.54, 1.807) is 12.1 Å². The largest absolute Gasteiger partial charge is 0.467 e. The number of esters is 1. The third kappa shape index (κ3) is 4.24. The van der Waals surface area contributed by atoms with Crippen molar-refractivity contribution in [3.8, 4) is 0 Å². The Morgan fingerprint density at radius 2 is 1.83 bits per heavy atom. The van der Waals surface area contributed by atoms with Gasteiger partial charge in [0.2, 0.25) is 0 Å². The van der Waals surface area contributed by atoms with Gasteiger partial charge in [0.1, 0.15) is 29.1 Å². The smallest absolute Gasteiger partial charge is 0.328 e. The van der Waals surface area contributed by atoms with Crippen LogP contribution in [0.3, 0.4) is 0 Å². The van der Waals surface area contributed by atoms with Gasteiger partial charge >= 0.3 is 5.97 Å². The first-order chi connectivity index (χ1) is 13.8. The Balaban J connectivity index is 1.99. The van der Waals surface area contributed by atoms with Crippen molar-refractivity contribution in [3.05, 3.63) is 75.6 Å². The van der Waals surface area contributed by atoms with Crippen molar-refractivity contribution < 1.29 is 27.5 Å². The molecule has 3 aromatic rings. The molecule has 0 fully saturated rings. The molecule has 0 saturated carbocycles. The van der Waals surface area contributed by atoms with Crippen LogP contribution in [0.25, 0.3) is 10.9 Å². The van der Waals surface area contributed by atoms with Crippen molar-refractivity contribution in [2.75, 3.05) is 7.11 Å². The molecule has 9 heteroatoms. The Hall–Kier alpha value is -2.94. The summed E-state index contributed by atoms with van der Waals surface area (Å²) < 4.78 is 47.5. The van der Waals surface area contributed by atoms with E-state index in [1.807, 2.05) is 0 Å². The third-order valence-corrected chi connectivity index (χ3v) is 4.89. The van der Waals surface area contributed by atoms with Gasteiger partial charge in [0.05, 0.1) is 12.6 Å². The first-order valence-electron chi connectivity index (χ1n) is 8.37. The third-order valence-electron chi connectivity index (χ3n) is 4.29. The number of ether oxygens (including phenoxy) is 1. The number of hydrogen-bond donors (Lipinski definition) is 1. The van der Waals surface area contributed by atoms with Gasteiger partial charge in [-0.15, -0.1) is 0 Å². The fourth-order valence-electron chi connectivity index (χ4n) is 2.93. The van der Waals surface area contributed by atoms with E-state index >= 15 is 0 Å². The Labute approximate surface area is 172 Å². The fraction of sp³-hybridized carbons (Fsp3) is 0.150. The highest BCUT2D eigenvalue weighted by molar-refractivity contribution is 9.10. The van der Waals surface area contributed by atoms with Gasteiger partial charge in [-0.05, 0) is 45.8 Å². The highest BCUT2D eigenvalue weighted by Crippen LogP contribution is 2.28. The number of hydrogen-bond acceptors (Lipinski definition) is 4. The average Bonchev–Trinajstić information content (AvgIpc) is 2.69. The number of rotatable bonds is 5. The zero-order chi connectivity index (χ0) is 21.1. The van der Waals surface area contributed by atoms with E-state index in [1.165, 1.54) is 12.3 Å². The molecule has 3 rings (SSSR count). The number of carbonyl (C=O) groups is 2. The number of pyridine rings is 1. The predicted octanol–water partition coefficient (Wildman–Crippen LogP) is 3.93. The summed E-state index contributed by atoms with van der Waals surface area (Å²) in [6.45, 7) is 0. The van der Waals surface area contributed by atoms with Gasteiger partial charge in [-0.1, -0.05) is 12.1 Å². The van der Waals surface area contributed by atoms with Gasteiger partial charge in [-0.2, -0.15) is 0 Å². The zero-order valence-electron chi connectivity index (χ0n) is 15.0. The molecular weight excluding hydrogens is 453 g/mol. The molecule has 0 aliphatic heterocycles. The standard InChI is InChI=1S/C20H14BrF3N2O3/c1-29-20(28)16(26-19(27)17-13(22)5-2-6-14(17)23)8-11-10-4-3-7-25-18(10)12(21)9-15(11)24/h2-7,9,16H,8H2,1H3,(H,26,27)/t16-/m0/s1. The van der Waals surface area contributed by atoms with E-state index in [9.17, 15) is 22.8 Å². The summed E-state index contributed by atoms with van der Waals surface area (Å²) in [5, 5.41) is 2.64. The minimum absolute atomic E-state index is 0.0982. The monoisotopic (exact) mass is 466 g/mol. The van der Waals surface area contributed by atoms with Crippen LogP contribution >= 0.6 is 15.9 Å². The summed E-state index contributed by atoms with van der Waals surface area (Å²) in [5.41, 5.74) is -0.288. The number of amides is 1. The molecule has 1 amide bonds. The van der Waals surface area contributed by atoms with Gasteiger partial charge in [-0.25, -0.2) is 18.0 Å². The lowest BCUT2D eigenvalue weighted by molar-refractivity contribution is -0.142. The SMILES string of the molecule is COC(=O)[C@H](Cc1c(F)cc(Br)c2ncccc12)NC(=O)c1c(F)cccc1F. The molecule has 0 spiro atoms. The predicted molar refractivity (Wildman–Crippen MR) is 103 cm³/mol. The van der Waals surface area contributed by atoms with Gasteiger partial charge < -0.3 is 10.1 Å². The van der Waals surface area contributed by atoms with E-state index in [4.69, 9.17) is 0 Å². The molecule has 0 aliphatic carbocycles. The van der Waals surface area contributed by atoms with Crippen LogP contribution in [0.1, 0.15) is 15.9 Å². The molecule has 0 unspecified atom stereocenters. The Morgan fingerprint density at radius 1 is 1.14 bits per heavy atom. The second-order valence-electron chi connectivity index (χ2n) is 6.07. The highest BCUT2D eigenvalue weighted by Gasteiger charge is 2.27.